The molecule has 1 aliphatic heterocycles. The van der Waals surface area contributed by atoms with Crippen molar-refractivity contribution < 1.29 is 28.7 Å². The number of Topliss-reactive ketones (excluding diaryl/α,β-unsaturated/α-hetero) is 1. The lowest BCUT2D eigenvalue weighted by Gasteiger charge is -2.28. The summed E-state index contributed by atoms with van der Waals surface area (Å²) in [6.45, 7) is 3.35. The predicted molar refractivity (Wildman–Crippen MR) is 105 cm³/mol. The van der Waals surface area contributed by atoms with Gasteiger partial charge in [0, 0.05) is 17.0 Å². The van der Waals surface area contributed by atoms with Gasteiger partial charge in [-0.1, -0.05) is 18.5 Å². The molecule has 2 N–H and O–H groups in total. The van der Waals surface area contributed by atoms with E-state index in [1.54, 1.807) is 31.2 Å². The Morgan fingerprint density at radius 2 is 1.76 bits per heavy atom. The van der Waals surface area contributed by atoms with Crippen LogP contribution in [0.25, 0.3) is 0 Å². The van der Waals surface area contributed by atoms with Crippen molar-refractivity contribution >= 4 is 35.4 Å². The van der Waals surface area contributed by atoms with Gasteiger partial charge in [0.15, 0.2) is 5.78 Å². The molecular formula is C20H23ClN2O6. The van der Waals surface area contributed by atoms with E-state index < -0.39 is 24.0 Å². The number of ether oxygens (including phenoxy) is 2. The number of rotatable bonds is 9. The highest BCUT2D eigenvalue weighted by atomic mass is 35.5. The number of benzene rings is 1. The first-order valence-corrected chi connectivity index (χ1v) is 9.65. The first kappa shape index (κ1) is 22.4. The molecule has 2 rings (SSSR count). The van der Waals surface area contributed by atoms with E-state index in [0.29, 0.717) is 17.0 Å². The highest BCUT2D eigenvalue weighted by Crippen LogP contribution is 2.18. The zero-order valence-electron chi connectivity index (χ0n) is 16.2. The molecule has 2 amide bonds. The third kappa shape index (κ3) is 6.32. The van der Waals surface area contributed by atoms with Crippen LogP contribution in [0.3, 0.4) is 0 Å². The summed E-state index contributed by atoms with van der Waals surface area (Å²) < 4.78 is 10.2. The molecule has 8 nitrogen and oxygen atoms in total. The van der Waals surface area contributed by atoms with Crippen LogP contribution >= 0.6 is 11.6 Å². The second-order valence-electron chi connectivity index (χ2n) is 6.26. The molecule has 0 saturated heterocycles. The van der Waals surface area contributed by atoms with Crippen LogP contribution in [-0.2, 0) is 19.1 Å². The molecule has 1 aromatic carbocycles. The average Bonchev–Trinajstić information content (AvgIpc) is 2.70. The van der Waals surface area contributed by atoms with Crippen molar-refractivity contribution in [2.24, 2.45) is 0 Å². The van der Waals surface area contributed by atoms with Gasteiger partial charge in [0.2, 0.25) is 0 Å². The van der Waals surface area contributed by atoms with Gasteiger partial charge >= 0.3 is 18.0 Å². The fraction of sp³-hybridized carbons (Fsp3) is 0.400. The molecule has 1 atom stereocenters. The van der Waals surface area contributed by atoms with E-state index in [0.717, 1.165) is 0 Å². The zero-order chi connectivity index (χ0) is 21.4. The molecule has 156 valence electrons. The average molecular weight is 423 g/mol. The van der Waals surface area contributed by atoms with E-state index in [9.17, 15) is 19.2 Å². The van der Waals surface area contributed by atoms with Crippen LogP contribution in [0.4, 0.5) is 4.79 Å². The molecule has 0 unspecified atom stereocenters. The summed E-state index contributed by atoms with van der Waals surface area (Å²) in [4.78, 5) is 48.2. The summed E-state index contributed by atoms with van der Waals surface area (Å²) >= 11 is 5.79. The molecule has 0 radical (unpaired) electrons. The molecule has 0 fully saturated rings. The van der Waals surface area contributed by atoms with Crippen LogP contribution in [0.15, 0.2) is 35.5 Å². The number of esters is 2. The first-order valence-electron chi connectivity index (χ1n) is 9.27. The van der Waals surface area contributed by atoms with Gasteiger partial charge in [-0.15, -0.1) is 0 Å². The predicted octanol–water partition coefficient (Wildman–Crippen LogP) is 2.75. The molecule has 1 aliphatic rings. The van der Waals surface area contributed by atoms with Crippen LogP contribution in [0.2, 0.25) is 5.02 Å². The maximum Gasteiger partial charge on any atom is 0.338 e. The smallest absolute Gasteiger partial charge is 0.338 e. The maximum atomic E-state index is 12.3. The minimum absolute atomic E-state index is 0.0320. The van der Waals surface area contributed by atoms with Crippen LogP contribution in [0.5, 0.6) is 0 Å². The molecule has 1 heterocycles. The molecule has 29 heavy (non-hydrogen) atoms. The van der Waals surface area contributed by atoms with Crippen molar-refractivity contribution in [2.75, 3.05) is 13.2 Å². The third-order valence-electron chi connectivity index (χ3n) is 4.25. The van der Waals surface area contributed by atoms with E-state index >= 15 is 0 Å². The summed E-state index contributed by atoms with van der Waals surface area (Å²) in [7, 11) is 0. The number of carbonyl (C=O) groups is 4. The first-order chi connectivity index (χ1) is 13.8. The van der Waals surface area contributed by atoms with Crippen molar-refractivity contribution in [3.8, 4) is 0 Å². The van der Waals surface area contributed by atoms with Crippen LogP contribution in [0, 0.1) is 0 Å². The van der Waals surface area contributed by atoms with E-state index in [1.807, 2.05) is 6.92 Å². The monoisotopic (exact) mass is 422 g/mol. The van der Waals surface area contributed by atoms with Crippen molar-refractivity contribution in [3.05, 3.63) is 46.1 Å². The third-order valence-corrected chi connectivity index (χ3v) is 4.50. The second kappa shape index (κ2) is 10.6. The van der Waals surface area contributed by atoms with E-state index in [4.69, 9.17) is 21.1 Å². The molecule has 1 aromatic rings. The number of ketones is 1. The van der Waals surface area contributed by atoms with E-state index in [-0.39, 0.29) is 43.1 Å². The maximum absolute atomic E-state index is 12.3. The standard InChI is InChI=1S/C20H23ClN2O6/c1-3-14-18(19(26)28-4-2)15(23-20(27)22-14)11-29-17(25)10-9-16(24)12-5-7-13(21)8-6-12/h5-8,14H,3-4,9-11H2,1-2H3,(H2,22,23,27)/t14-/m1/s1. The van der Waals surface area contributed by atoms with E-state index in [2.05, 4.69) is 10.6 Å². The van der Waals surface area contributed by atoms with Crippen LogP contribution in [0.1, 0.15) is 43.5 Å². The molecule has 0 spiro atoms. The lowest BCUT2D eigenvalue weighted by molar-refractivity contribution is -0.143. The Balaban J connectivity index is 1.98. The Morgan fingerprint density at radius 3 is 2.38 bits per heavy atom. The highest BCUT2D eigenvalue weighted by molar-refractivity contribution is 6.30. The van der Waals surface area contributed by atoms with Crippen molar-refractivity contribution in [1.29, 1.82) is 0 Å². The van der Waals surface area contributed by atoms with Gasteiger partial charge in [0.25, 0.3) is 0 Å². The molecule has 0 aromatic heterocycles. The molecule has 9 heteroatoms. The zero-order valence-corrected chi connectivity index (χ0v) is 17.0. The molecule has 0 bridgehead atoms. The van der Waals surface area contributed by atoms with Crippen molar-refractivity contribution in [3.63, 3.8) is 0 Å². The lowest BCUT2D eigenvalue weighted by atomic mass is 10.0. The Labute approximate surface area is 173 Å². The summed E-state index contributed by atoms with van der Waals surface area (Å²) in [5.41, 5.74) is 0.848. The fourth-order valence-corrected chi connectivity index (χ4v) is 2.92. The minimum atomic E-state index is -0.621. The summed E-state index contributed by atoms with van der Waals surface area (Å²) in [6.07, 6.45) is 0.303. The van der Waals surface area contributed by atoms with Crippen molar-refractivity contribution in [1.82, 2.24) is 10.6 Å². The Hall–Kier alpha value is -2.87. The largest absolute Gasteiger partial charge is 0.463 e. The Morgan fingerprint density at radius 1 is 1.07 bits per heavy atom. The molecule has 0 saturated carbocycles. The number of carbonyl (C=O) groups excluding carboxylic acids is 4. The minimum Gasteiger partial charge on any atom is -0.463 e. The second-order valence-corrected chi connectivity index (χ2v) is 6.70. The fourth-order valence-electron chi connectivity index (χ4n) is 2.80. The number of hydrogen-bond donors (Lipinski definition) is 2. The highest BCUT2D eigenvalue weighted by Gasteiger charge is 2.32. The van der Waals surface area contributed by atoms with Gasteiger partial charge in [0.1, 0.15) is 6.61 Å². The van der Waals surface area contributed by atoms with Gasteiger partial charge in [-0.2, -0.15) is 0 Å². The number of nitrogens with one attached hydrogen (secondary N) is 2. The number of urea groups is 1. The van der Waals surface area contributed by atoms with E-state index in [1.165, 1.54) is 0 Å². The van der Waals surface area contributed by atoms with Gasteiger partial charge in [0.05, 0.1) is 30.3 Å². The lowest BCUT2D eigenvalue weighted by Crippen LogP contribution is -2.51. The topological polar surface area (TPSA) is 111 Å². The Kier molecular flexibility index (Phi) is 8.21. The molecule has 0 aliphatic carbocycles. The number of halogens is 1. The van der Waals surface area contributed by atoms with Gasteiger partial charge < -0.3 is 20.1 Å². The summed E-state index contributed by atoms with van der Waals surface area (Å²) in [6, 6.07) is 5.34. The van der Waals surface area contributed by atoms with Gasteiger partial charge in [-0.3, -0.25) is 9.59 Å². The van der Waals surface area contributed by atoms with Gasteiger partial charge in [-0.05, 0) is 37.6 Å². The van der Waals surface area contributed by atoms with Gasteiger partial charge in [-0.25, -0.2) is 9.59 Å². The number of hydrogen-bond acceptors (Lipinski definition) is 6. The SMILES string of the molecule is CCOC(=O)C1=C(COC(=O)CCC(=O)c2ccc(Cl)cc2)NC(=O)N[C@@H]1CC. The molecular weight excluding hydrogens is 400 g/mol. The quantitative estimate of drug-likeness (QED) is 0.467. The summed E-state index contributed by atoms with van der Waals surface area (Å²) in [5.74, 6) is -1.43. The Bertz CT molecular complexity index is 819. The summed E-state index contributed by atoms with van der Waals surface area (Å²) in [5, 5.41) is 5.64. The van der Waals surface area contributed by atoms with Crippen LogP contribution < -0.4 is 10.6 Å². The number of amides is 2. The van der Waals surface area contributed by atoms with Crippen molar-refractivity contribution in [2.45, 2.75) is 39.2 Å². The normalized spacial score (nSPS) is 16.0. The van der Waals surface area contributed by atoms with Crippen LogP contribution in [-0.4, -0.2) is 43.0 Å².